The minimum absolute atomic E-state index is 0.186. The molecular formula is C12H16F3N5O. The first-order valence-electron chi connectivity index (χ1n) is 6.47. The number of nitrogens with zero attached hydrogens (tertiary/aromatic N) is 4. The summed E-state index contributed by atoms with van der Waals surface area (Å²) in [5.74, 6) is 0.155. The van der Waals surface area contributed by atoms with E-state index in [9.17, 15) is 18.0 Å². The maximum Gasteiger partial charge on any atom is 0.401 e. The number of alkyl halides is 3. The van der Waals surface area contributed by atoms with Crippen LogP contribution < -0.4 is 5.32 Å². The summed E-state index contributed by atoms with van der Waals surface area (Å²) >= 11 is 0. The summed E-state index contributed by atoms with van der Waals surface area (Å²) in [4.78, 5) is 23.0. The number of carbonyl (C=O) groups excluding carboxylic acids is 1. The number of piperazine rings is 1. The quantitative estimate of drug-likeness (QED) is 0.896. The van der Waals surface area contributed by atoms with Gasteiger partial charge in [0.15, 0.2) is 0 Å². The highest BCUT2D eigenvalue weighted by Gasteiger charge is 2.33. The van der Waals surface area contributed by atoms with Gasteiger partial charge in [-0.25, -0.2) is 4.98 Å². The third-order valence-electron chi connectivity index (χ3n) is 3.17. The molecule has 1 saturated heterocycles. The van der Waals surface area contributed by atoms with Crippen molar-refractivity contribution in [2.24, 2.45) is 0 Å². The zero-order valence-corrected chi connectivity index (χ0v) is 11.5. The van der Waals surface area contributed by atoms with Gasteiger partial charge in [-0.1, -0.05) is 0 Å². The van der Waals surface area contributed by atoms with Crippen molar-refractivity contribution in [1.29, 1.82) is 0 Å². The Hall–Kier alpha value is -1.90. The van der Waals surface area contributed by atoms with Crippen molar-refractivity contribution in [1.82, 2.24) is 19.8 Å². The van der Waals surface area contributed by atoms with Crippen LogP contribution >= 0.6 is 0 Å². The lowest BCUT2D eigenvalue weighted by molar-refractivity contribution is -0.148. The number of carbonyl (C=O) groups is 1. The largest absolute Gasteiger partial charge is 0.401 e. The Bertz CT molecular complexity index is 500. The molecule has 21 heavy (non-hydrogen) atoms. The molecule has 1 amide bonds. The molecule has 1 aromatic heterocycles. The highest BCUT2D eigenvalue weighted by molar-refractivity contribution is 5.92. The maximum atomic E-state index is 12.3. The molecule has 9 heteroatoms. The number of hydrogen-bond acceptors (Lipinski definition) is 5. The zero-order valence-electron chi connectivity index (χ0n) is 11.5. The first-order chi connectivity index (χ1) is 9.89. The maximum absolute atomic E-state index is 12.3. The van der Waals surface area contributed by atoms with Crippen LogP contribution in [0.5, 0.6) is 0 Å². The predicted molar refractivity (Wildman–Crippen MR) is 70.0 cm³/mol. The molecule has 116 valence electrons. The summed E-state index contributed by atoms with van der Waals surface area (Å²) in [5.41, 5.74) is 0.186. The van der Waals surface area contributed by atoms with Crippen LogP contribution in [-0.2, 0) is 0 Å². The topological polar surface area (TPSA) is 61.4 Å². The van der Waals surface area contributed by atoms with Crippen LogP contribution in [0.3, 0.4) is 0 Å². The number of nitrogens with one attached hydrogen (secondary N) is 1. The SMILES string of the molecule is CNc1cncc(C(=O)N2CCN(CC(F)(F)F)CC2)n1. The van der Waals surface area contributed by atoms with Crippen LogP contribution in [-0.4, -0.2) is 71.6 Å². The second-order valence-electron chi connectivity index (χ2n) is 4.72. The van der Waals surface area contributed by atoms with E-state index < -0.39 is 12.7 Å². The molecule has 0 aliphatic carbocycles. The van der Waals surface area contributed by atoms with E-state index in [4.69, 9.17) is 0 Å². The van der Waals surface area contributed by atoms with Crippen LogP contribution in [0.2, 0.25) is 0 Å². The van der Waals surface area contributed by atoms with Crippen molar-refractivity contribution in [3.8, 4) is 0 Å². The lowest BCUT2D eigenvalue weighted by Gasteiger charge is -2.34. The van der Waals surface area contributed by atoms with Crippen molar-refractivity contribution < 1.29 is 18.0 Å². The number of aromatic nitrogens is 2. The fourth-order valence-electron chi connectivity index (χ4n) is 2.11. The predicted octanol–water partition coefficient (Wildman–Crippen LogP) is 0.838. The Morgan fingerprint density at radius 2 is 1.95 bits per heavy atom. The number of halogens is 3. The van der Waals surface area contributed by atoms with Gasteiger partial charge in [0.25, 0.3) is 5.91 Å². The van der Waals surface area contributed by atoms with Crippen molar-refractivity contribution in [3.63, 3.8) is 0 Å². The lowest BCUT2D eigenvalue weighted by atomic mass is 10.2. The van der Waals surface area contributed by atoms with Crippen LogP contribution in [0, 0.1) is 0 Å². The van der Waals surface area contributed by atoms with Crippen molar-refractivity contribution >= 4 is 11.7 Å². The van der Waals surface area contributed by atoms with Gasteiger partial charge in [0.2, 0.25) is 0 Å². The normalized spacial score (nSPS) is 16.9. The molecule has 0 atom stereocenters. The smallest absolute Gasteiger partial charge is 0.372 e. The van der Waals surface area contributed by atoms with Crippen molar-refractivity contribution in [3.05, 3.63) is 18.1 Å². The van der Waals surface area contributed by atoms with E-state index in [-0.39, 0.29) is 37.8 Å². The second kappa shape index (κ2) is 6.25. The summed E-state index contributed by atoms with van der Waals surface area (Å²) in [5, 5.41) is 2.78. The minimum Gasteiger partial charge on any atom is -0.372 e. The number of anilines is 1. The highest BCUT2D eigenvalue weighted by Crippen LogP contribution is 2.18. The lowest BCUT2D eigenvalue weighted by Crippen LogP contribution is -2.51. The van der Waals surface area contributed by atoms with Gasteiger partial charge in [-0.15, -0.1) is 0 Å². The van der Waals surface area contributed by atoms with Gasteiger partial charge >= 0.3 is 6.18 Å². The Kier molecular flexibility index (Phi) is 4.61. The molecule has 0 saturated carbocycles. The molecular weight excluding hydrogens is 287 g/mol. The summed E-state index contributed by atoms with van der Waals surface area (Å²) < 4.78 is 36.9. The molecule has 1 N–H and O–H groups in total. The van der Waals surface area contributed by atoms with E-state index in [2.05, 4.69) is 15.3 Å². The van der Waals surface area contributed by atoms with Crippen molar-refractivity contribution in [2.75, 3.05) is 45.1 Å². The average molecular weight is 303 g/mol. The van der Waals surface area contributed by atoms with Crippen LogP contribution in [0.4, 0.5) is 19.0 Å². The number of rotatable bonds is 3. The van der Waals surface area contributed by atoms with Gasteiger partial charge in [0.1, 0.15) is 11.5 Å². The van der Waals surface area contributed by atoms with Gasteiger partial charge in [0, 0.05) is 33.2 Å². The fourth-order valence-corrected chi connectivity index (χ4v) is 2.11. The van der Waals surface area contributed by atoms with E-state index in [1.165, 1.54) is 22.2 Å². The fraction of sp³-hybridized carbons (Fsp3) is 0.583. The Morgan fingerprint density at radius 1 is 1.29 bits per heavy atom. The molecule has 6 nitrogen and oxygen atoms in total. The number of amides is 1. The van der Waals surface area contributed by atoms with Crippen molar-refractivity contribution in [2.45, 2.75) is 6.18 Å². The summed E-state index contributed by atoms with van der Waals surface area (Å²) in [7, 11) is 1.66. The van der Waals surface area contributed by atoms with Gasteiger partial charge in [0.05, 0.1) is 18.9 Å². The van der Waals surface area contributed by atoms with Gasteiger partial charge in [-0.3, -0.25) is 14.7 Å². The van der Waals surface area contributed by atoms with Gasteiger partial charge in [-0.05, 0) is 0 Å². The Labute approximate surface area is 120 Å². The molecule has 0 bridgehead atoms. The third-order valence-corrected chi connectivity index (χ3v) is 3.17. The summed E-state index contributed by atoms with van der Waals surface area (Å²) in [6, 6.07) is 0. The molecule has 0 aromatic carbocycles. The molecule has 1 aromatic rings. The second-order valence-corrected chi connectivity index (χ2v) is 4.72. The summed E-state index contributed by atoms with van der Waals surface area (Å²) in [6.07, 6.45) is -1.37. The molecule has 0 unspecified atom stereocenters. The molecule has 1 aliphatic heterocycles. The first-order valence-corrected chi connectivity index (χ1v) is 6.47. The standard InChI is InChI=1S/C12H16F3N5O/c1-16-10-7-17-6-9(18-10)11(21)20-4-2-19(3-5-20)8-12(13,14)15/h6-7H,2-5,8H2,1H3,(H,16,18). The molecule has 1 fully saturated rings. The molecule has 0 radical (unpaired) electrons. The molecule has 2 heterocycles. The van der Waals surface area contributed by atoms with Crippen LogP contribution in [0.1, 0.15) is 10.5 Å². The Morgan fingerprint density at radius 3 is 2.52 bits per heavy atom. The third kappa shape index (κ3) is 4.28. The molecule has 0 spiro atoms. The minimum atomic E-state index is -4.21. The van der Waals surface area contributed by atoms with E-state index in [1.54, 1.807) is 7.05 Å². The zero-order chi connectivity index (χ0) is 15.5. The number of hydrogen-bond donors (Lipinski definition) is 1. The average Bonchev–Trinajstić information content (AvgIpc) is 2.46. The molecule has 1 aliphatic rings. The Balaban J connectivity index is 1.94. The van der Waals surface area contributed by atoms with Crippen LogP contribution in [0.15, 0.2) is 12.4 Å². The van der Waals surface area contributed by atoms with Gasteiger partial charge < -0.3 is 10.2 Å². The van der Waals surface area contributed by atoms with Gasteiger partial charge in [-0.2, -0.15) is 13.2 Å². The highest BCUT2D eigenvalue weighted by atomic mass is 19.4. The molecule has 2 rings (SSSR count). The van der Waals surface area contributed by atoms with E-state index in [0.717, 1.165) is 0 Å². The monoisotopic (exact) mass is 303 g/mol. The van der Waals surface area contributed by atoms with Crippen LogP contribution in [0.25, 0.3) is 0 Å². The first kappa shape index (κ1) is 15.5. The van der Waals surface area contributed by atoms with E-state index in [1.807, 2.05) is 0 Å². The van der Waals surface area contributed by atoms with E-state index >= 15 is 0 Å². The van der Waals surface area contributed by atoms with E-state index in [0.29, 0.717) is 5.82 Å². The summed E-state index contributed by atoms with van der Waals surface area (Å²) in [6.45, 7) is -0.0420.